The average Bonchev–Trinajstić information content (AvgIpc) is 3.27. The molecule has 0 aromatic carbocycles. The van der Waals surface area contributed by atoms with Crippen LogP contribution in [-0.2, 0) is 14.4 Å². The quantitative estimate of drug-likeness (QED) is 0.616. The molecule has 7 nitrogen and oxygen atoms in total. The summed E-state index contributed by atoms with van der Waals surface area (Å²) in [6.07, 6.45) is 13.6. The van der Waals surface area contributed by atoms with Crippen LogP contribution < -0.4 is 5.32 Å². The first-order valence-corrected chi connectivity index (χ1v) is 12.8. The molecule has 1 heterocycles. The highest BCUT2D eigenvalue weighted by Gasteiger charge is 2.80. The molecule has 4 saturated carbocycles. The van der Waals surface area contributed by atoms with E-state index < -0.39 is 5.97 Å². The molecule has 6 aliphatic rings. The highest BCUT2D eigenvalue weighted by molar-refractivity contribution is 5.90. The molecule has 6 atom stereocenters. The van der Waals surface area contributed by atoms with Gasteiger partial charge in [-0.3, -0.25) is 14.5 Å². The lowest BCUT2D eigenvalue weighted by molar-refractivity contribution is -0.245. The Morgan fingerprint density at radius 1 is 1.06 bits per heavy atom. The first kappa shape index (κ1) is 21.4. The summed E-state index contributed by atoms with van der Waals surface area (Å²) in [6.45, 7) is 3.80. The number of carbonyl (C=O) groups is 3. The van der Waals surface area contributed by atoms with Gasteiger partial charge in [-0.05, 0) is 73.0 Å². The molecule has 0 radical (unpaired) electrons. The predicted molar refractivity (Wildman–Crippen MR) is 122 cm³/mol. The van der Waals surface area contributed by atoms with Crippen molar-refractivity contribution in [3.8, 4) is 0 Å². The Kier molecular flexibility index (Phi) is 4.98. The Hall–Kier alpha value is -2.15. The van der Waals surface area contributed by atoms with Gasteiger partial charge in [0.25, 0.3) is 0 Å². The second-order valence-corrected chi connectivity index (χ2v) is 11.6. The lowest BCUT2D eigenvalue weighted by Crippen LogP contribution is -2.67. The minimum atomic E-state index is -0.877. The Balaban J connectivity index is 0.939. The number of carboxylic acid groups (broad SMARTS) is 1. The van der Waals surface area contributed by atoms with Crippen LogP contribution in [0.5, 0.6) is 0 Å². The van der Waals surface area contributed by atoms with E-state index in [9.17, 15) is 19.5 Å². The number of amides is 2. The van der Waals surface area contributed by atoms with Crippen LogP contribution >= 0.6 is 0 Å². The molecular formula is C26H35N3O4. The monoisotopic (exact) mass is 453 g/mol. The second kappa shape index (κ2) is 7.69. The molecule has 0 aromatic heterocycles. The van der Waals surface area contributed by atoms with E-state index >= 15 is 0 Å². The number of aliphatic carboxylic acids is 1. The van der Waals surface area contributed by atoms with E-state index in [1.54, 1.807) is 6.08 Å². The first-order valence-electron chi connectivity index (χ1n) is 12.8. The van der Waals surface area contributed by atoms with E-state index in [0.29, 0.717) is 30.5 Å². The Labute approximate surface area is 195 Å². The molecule has 1 aliphatic heterocycles. The van der Waals surface area contributed by atoms with Crippen LogP contribution in [0.15, 0.2) is 23.8 Å². The third-order valence-electron chi connectivity index (χ3n) is 10.1. The summed E-state index contributed by atoms with van der Waals surface area (Å²) in [6, 6.07) is 0. The Morgan fingerprint density at radius 3 is 2.61 bits per heavy atom. The molecule has 33 heavy (non-hydrogen) atoms. The zero-order valence-electron chi connectivity index (χ0n) is 19.3. The van der Waals surface area contributed by atoms with Crippen molar-refractivity contribution in [2.24, 2.45) is 34.5 Å². The Bertz CT molecular complexity index is 936. The molecule has 5 aliphatic carbocycles. The van der Waals surface area contributed by atoms with E-state index in [1.165, 1.54) is 32.1 Å². The van der Waals surface area contributed by atoms with Crippen LogP contribution in [0.2, 0.25) is 0 Å². The lowest BCUT2D eigenvalue weighted by atomic mass is 9.31. The third kappa shape index (κ3) is 3.29. The van der Waals surface area contributed by atoms with Crippen LogP contribution in [0.1, 0.15) is 44.9 Å². The predicted octanol–water partition coefficient (Wildman–Crippen LogP) is 2.05. The van der Waals surface area contributed by atoms with Gasteiger partial charge in [0.05, 0.1) is 12.1 Å². The van der Waals surface area contributed by atoms with Gasteiger partial charge >= 0.3 is 5.97 Å². The molecule has 2 N–H and O–H groups in total. The summed E-state index contributed by atoms with van der Waals surface area (Å²) in [4.78, 5) is 40.8. The van der Waals surface area contributed by atoms with E-state index in [2.05, 4.69) is 10.2 Å². The van der Waals surface area contributed by atoms with E-state index in [-0.39, 0.29) is 29.7 Å². The lowest BCUT2D eigenvalue weighted by Gasteiger charge is -2.73. The zero-order valence-corrected chi connectivity index (χ0v) is 19.3. The van der Waals surface area contributed by atoms with Crippen molar-refractivity contribution >= 4 is 17.8 Å². The molecule has 1 saturated heterocycles. The van der Waals surface area contributed by atoms with Crippen LogP contribution in [0.3, 0.4) is 0 Å². The number of hydrogen-bond acceptors (Lipinski definition) is 4. The van der Waals surface area contributed by atoms with Crippen molar-refractivity contribution < 1.29 is 19.5 Å². The standard InChI is InChI=1S/C26H35N3O4/c30-22(14-25-11-18-9-20-10-21(13-25)26(20,25)12-18)27-15-23(31)29-6-4-28(5-7-29)16-17-2-1-3-19(8-17)24(32)33/h1,3,8,17-18,20-21H,2,4-7,9-16H2,(H,27,30)(H,32,33). The molecule has 178 valence electrons. The molecule has 2 bridgehead atoms. The van der Waals surface area contributed by atoms with Gasteiger partial charge in [0.1, 0.15) is 0 Å². The minimum Gasteiger partial charge on any atom is -0.478 e. The van der Waals surface area contributed by atoms with Crippen molar-refractivity contribution in [3.63, 3.8) is 0 Å². The summed E-state index contributed by atoms with van der Waals surface area (Å²) in [5, 5.41) is 12.1. The normalized spacial score (nSPS) is 40.5. The molecule has 6 rings (SSSR count). The van der Waals surface area contributed by atoms with Gasteiger partial charge in [-0.25, -0.2) is 4.79 Å². The average molecular weight is 454 g/mol. The van der Waals surface area contributed by atoms with Gasteiger partial charge < -0.3 is 15.3 Å². The zero-order chi connectivity index (χ0) is 22.8. The Morgan fingerprint density at radius 2 is 1.88 bits per heavy atom. The second-order valence-electron chi connectivity index (χ2n) is 11.6. The fraction of sp³-hybridized carbons (Fsp3) is 0.731. The number of allylic oxidation sites excluding steroid dienone is 1. The fourth-order valence-corrected chi connectivity index (χ4v) is 8.89. The highest BCUT2D eigenvalue weighted by atomic mass is 16.4. The van der Waals surface area contributed by atoms with E-state index in [0.717, 1.165) is 43.8 Å². The molecule has 7 heteroatoms. The smallest absolute Gasteiger partial charge is 0.335 e. The summed E-state index contributed by atoms with van der Waals surface area (Å²) in [5.41, 5.74) is 1.13. The van der Waals surface area contributed by atoms with Crippen LogP contribution in [0, 0.1) is 34.5 Å². The molecule has 5 fully saturated rings. The summed E-state index contributed by atoms with van der Waals surface area (Å²) in [7, 11) is 0. The number of nitrogens with one attached hydrogen (secondary N) is 1. The number of rotatable bonds is 7. The first-order chi connectivity index (χ1) is 15.9. The van der Waals surface area contributed by atoms with Crippen LogP contribution in [0.4, 0.5) is 0 Å². The summed E-state index contributed by atoms with van der Waals surface area (Å²) in [5.74, 6) is 2.02. The minimum absolute atomic E-state index is 0.00766. The van der Waals surface area contributed by atoms with Crippen LogP contribution in [0.25, 0.3) is 0 Å². The highest BCUT2D eigenvalue weighted by Crippen LogP contribution is 2.87. The molecule has 6 unspecified atom stereocenters. The maximum atomic E-state index is 12.8. The van der Waals surface area contributed by atoms with Gasteiger partial charge in [-0.1, -0.05) is 18.2 Å². The maximum Gasteiger partial charge on any atom is 0.335 e. The van der Waals surface area contributed by atoms with Gasteiger partial charge in [0, 0.05) is 39.1 Å². The number of hydrogen-bond donors (Lipinski definition) is 2. The number of nitrogens with zero attached hydrogens (tertiary/aromatic N) is 2. The molecule has 2 amide bonds. The number of carboxylic acids is 1. The summed E-state index contributed by atoms with van der Waals surface area (Å²) < 4.78 is 0. The SMILES string of the molecule is O=C(CC12CC3CC4CC(C1)C42C3)NCC(=O)N1CCN(CC2C=C(C(=O)O)C=CC2)CC1. The number of piperazine rings is 1. The van der Waals surface area contributed by atoms with Crippen molar-refractivity contribution in [2.45, 2.75) is 44.9 Å². The van der Waals surface area contributed by atoms with Crippen molar-refractivity contribution in [1.29, 1.82) is 0 Å². The molecule has 1 spiro atoms. The van der Waals surface area contributed by atoms with Gasteiger partial charge in [0.2, 0.25) is 11.8 Å². The topological polar surface area (TPSA) is 90.0 Å². The number of fused-ring (bicyclic) bond motifs is 1. The van der Waals surface area contributed by atoms with E-state index in [4.69, 9.17) is 0 Å². The summed E-state index contributed by atoms with van der Waals surface area (Å²) >= 11 is 0. The fourth-order valence-electron chi connectivity index (χ4n) is 8.89. The molecular weight excluding hydrogens is 418 g/mol. The van der Waals surface area contributed by atoms with Crippen molar-refractivity contribution in [3.05, 3.63) is 23.8 Å². The van der Waals surface area contributed by atoms with E-state index in [1.807, 2.05) is 17.1 Å². The third-order valence-corrected chi connectivity index (χ3v) is 10.1. The van der Waals surface area contributed by atoms with Crippen LogP contribution in [-0.4, -0.2) is 72.0 Å². The van der Waals surface area contributed by atoms with Crippen molar-refractivity contribution in [1.82, 2.24) is 15.1 Å². The van der Waals surface area contributed by atoms with Crippen molar-refractivity contribution in [2.75, 3.05) is 39.3 Å². The molecule has 0 aromatic rings. The van der Waals surface area contributed by atoms with Gasteiger partial charge in [0.15, 0.2) is 0 Å². The van der Waals surface area contributed by atoms with Gasteiger partial charge in [-0.15, -0.1) is 0 Å². The maximum absolute atomic E-state index is 12.8. The largest absolute Gasteiger partial charge is 0.478 e. The van der Waals surface area contributed by atoms with Gasteiger partial charge in [-0.2, -0.15) is 0 Å². The number of carbonyl (C=O) groups excluding carboxylic acids is 2.